The van der Waals surface area contributed by atoms with Crippen molar-refractivity contribution in [2.45, 2.75) is 26.3 Å². The number of anilines is 2. The molecular formula is C36H36FN9O3. The number of nitrogens with zero attached hydrogens (tertiary/aromatic N) is 7. The maximum Gasteiger partial charge on any atom is 0.239 e. The minimum absolute atomic E-state index is 0.0322. The molecule has 2 fully saturated rings. The number of carbonyl (C=O) groups excluding carboxylic acids is 3. The van der Waals surface area contributed by atoms with Crippen molar-refractivity contribution in [3.05, 3.63) is 85.1 Å². The van der Waals surface area contributed by atoms with Crippen LogP contribution in [0.1, 0.15) is 20.3 Å². The molecule has 5 aromatic rings. The molecule has 2 aromatic carbocycles. The van der Waals surface area contributed by atoms with Crippen LogP contribution in [-0.2, 0) is 14.4 Å². The van der Waals surface area contributed by atoms with Gasteiger partial charge in [-0.1, -0.05) is 0 Å². The van der Waals surface area contributed by atoms with Crippen LogP contribution in [0, 0.1) is 11.2 Å². The number of halogens is 1. The second kappa shape index (κ2) is 13.2. The van der Waals surface area contributed by atoms with Gasteiger partial charge in [0.15, 0.2) is 5.82 Å². The van der Waals surface area contributed by atoms with E-state index in [1.165, 1.54) is 19.1 Å². The van der Waals surface area contributed by atoms with Gasteiger partial charge >= 0.3 is 0 Å². The number of aromatic amines is 1. The molecule has 0 bridgehead atoms. The highest BCUT2D eigenvalue weighted by atomic mass is 19.1. The zero-order chi connectivity index (χ0) is 34.1. The zero-order valence-electron chi connectivity index (χ0n) is 27.3. The summed E-state index contributed by atoms with van der Waals surface area (Å²) in [6, 6.07) is 17.0. The summed E-state index contributed by atoms with van der Waals surface area (Å²) < 4.78 is 13.5. The molecule has 49 heavy (non-hydrogen) atoms. The first-order chi connectivity index (χ1) is 23.7. The molecule has 5 heterocycles. The van der Waals surface area contributed by atoms with E-state index in [1.54, 1.807) is 55.0 Å². The number of pyridine rings is 1. The van der Waals surface area contributed by atoms with Crippen molar-refractivity contribution >= 4 is 40.0 Å². The molecule has 2 unspecified atom stereocenters. The maximum atomic E-state index is 13.8. The number of benzene rings is 2. The first-order valence-electron chi connectivity index (χ1n) is 16.3. The lowest BCUT2D eigenvalue weighted by Gasteiger charge is -2.41. The minimum atomic E-state index is -1.28. The van der Waals surface area contributed by atoms with Gasteiger partial charge in [-0.25, -0.2) is 19.3 Å². The summed E-state index contributed by atoms with van der Waals surface area (Å²) in [5, 5.41) is 11.1. The number of piperazine rings is 1. The Morgan fingerprint density at radius 1 is 0.980 bits per heavy atom. The SMILES string of the molecule is CC(=O)C1(C(=O)Nc2ccc3[nH]nc(-c4ccc(F)cc4)c3c2)CCN(CC(=O)N2CCN(c3ccc(-c4ncccn4)cn3)CC2C)C1. The first-order valence-corrected chi connectivity index (χ1v) is 16.3. The quantitative estimate of drug-likeness (QED) is 0.235. The van der Waals surface area contributed by atoms with Gasteiger partial charge in [0, 0.05) is 79.6 Å². The van der Waals surface area contributed by atoms with Gasteiger partial charge in [-0.2, -0.15) is 5.10 Å². The van der Waals surface area contributed by atoms with Crippen molar-refractivity contribution in [1.82, 2.24) is 34.9 Å². The van der Waals surface area contributed by atoms with Crippen LogP contribution in [0.5, 0.6) is 0 Å². The van der Waals surface area contributed by atoms with E-state index in [2.05, 4.69) is 35.4 Å². The monoisotopic (exact) mass is 661 g/mol. The van der Waals surface area contributed by atoms with Crippen LogP contribution >= 0.6 is 0 Å². The van der Waals surface area contributed by atoms with Crippen LogP contribution in [0.15, 0.2) is 79.3 Å². The summed E-state index contributed by atoms with van der Waals surface area (Å²) in [5.41, 5.74) is 2.18. The largest absolute Gasteiger partial charge is 0.353 e. The molecule has 2 atom stereocenters. The van der Waals surface area contributed by atoms with Gasteiger partial charge in [0.1, 0.15) is 22.8 Å². The third-order valence-corrected chi connectivity index (χ3v) is 9.60. The average molecular weight is 662 g/mol. The number of H-pyrrole nitrogens is 1. The van der Waals surface area contributed by atoms with Crippen LogP contribution in [0.25, 0.3) is 33.5 Å². The molecule has 2 aliphatic heterocycles. The number of rotatable bonds is 8. The topological polar surface area (TPSA) is 140 Å². The van der Waals surface area contributed by atoms with E-state index in [9.17, 15) is 18.8 Å². The van der Waals surface area contributed by atoms with Crippen LogP contribution in [0.4, 0.5) is 15.9 Å². The van der Waals surface area contributed by atoms with Crippen LogP contribution in [0.2, 0.25) is 0 Å². The molecule has 0 spiro atoms. The molecule has 0 radical (unpaired) electrons. The van der Waals surface area contributed by atoms with Crippen LogP contribution in [-0.4, -0.2) is 97.9 Å². The third-order valence-electron chi connectivity index (χ3n) is 9.60. The minimum Gasteiger partial charge on any atom is -0.353 e. The Morgan fingerprint density at radius 3 is 2.47 bits per heavy atom. The molecule has 12 nitrogen and oxygen atoms in total. The molecule has 250 valence electrons. The summed E-state index contributed by atoms with van der Waals surface area (Å²) in [7, 11) is 0. The molecule has 2 saturated heterocycles. The Bertz CT molecular complexity index is 2000. The third kappa shape index (κ3) is 6.36. The molecule has 2 aliphatic rings. The number of amides is 2. The number of nitrogens with one attached hydrogen (secondary N) is 2. The predicted molar refractivity (Wildman–Crippen MR) is 183 cm³/mol. The zero-order valence-corrected chi connectivity index (χ0v) is 27.3. The lowest BCUT2D eigenvalue weighted by atomic mass is 9.82. The summed E-state index contributed by atoms with van der Waals surface area (Å²) in [6.07, 6.45) is 5.47. The van der Waals surface area contributed by atoms with Gasteiger partial charge in [0.2, 0.25) is 11.8 Å². The molecule has 13 heteroatoms. The molecule has 2 N–H and O–H groups in total. The maximum absolute atomic E-state index is 13.8. The number of likely N-dealkylation sites (tertiary alicyclic amines) is 1. The van der Waals surface area contributed by atoms with E-state index >= 15 is 0 Å². The van der Waals surface area contributed by atoms with Crippen molar-refractivity contribution in [3.8, 4) is 22.6 Å². The lowest BCUT2D eigenvalue weighted by molar-refractivity contribution is -0.139. The summed E-state index contributed by atoms with van der Waals surface area (Å²) in [5.74, 6) is 0.428. The van der Waals surface area contributed by atoms with E-state index in [1.807, 2.05) is 28.9 Å². The average Bonchev–Trinajstić information content (AvgIpc) is 3.74. The number of ketones is 1. The van der Waals surface area contributed by atoms with E-state index in [0.717, 1.165) is 27.8 Å². The molecule has 2 amide bonds. The van der Waals surface area contributed by atoms with Crippen molar-refractivity contribution < 1.29 is 18.8 Å². The highest BCUT2D eigenvalue weighted by Crippen LogP contribution is 2.35. The molecule has 0 saturated carbocycles. The Balaban J connectivity index is 0.977. The van der Waals surface area contributed by atoms with E-state index < -0.39 is 11.3 Å². The fourth-order valence-electron chi connectivity index (χ4n) is 6.80. The molecule has 3 aromatic heterocycles. The Labute approximate surface area is 282 Å². The molecule has 0 aliphatic carbocycles. The van der Waals surface area contributed by atoms with Gasteiger partial charge in [-0.15, -0.1) is 0 Å². The highest BCUT2D eigenvalue weighted by Gasteiger charge is 2.49. The number of aromatic nitrogens is 5. The fraction of sp³-hybridized carbons (Fsp3) is 0.306. The predicted octanol–water partition coefficient (Wildman–Crippen LogP) is 4.18. The fourth-order valence-corrected chi connectivity index (χ4v) is 6.80. The van der Waals surface area contributed by atoms with Gasteiger partial charge in [-0.3, -0.25) is 24.4 Å². The van der Waals surface area contributed by atoms with Crippen molar-refractivity contribution in [3.63, 3.8) is 0 Å². The normalized spacial score (nSPS) is 19.7. The van der Waals surface area contributed by atoms with Gasteiger partial charge < -0.3 is 15.1 Å². The number of hydrogen-bond acceptors (Lipinski definition) is 9. The number of fused-ring (bicyclic) bond motifs is 1. The number of hydrogen-bond donors (Lipinski definition) is 2. The van der Waals surface area contributed by atoms with Crippen molar-refractivity contribution in [2.75, 3.05) is 49.5 Å². The Kier molecular flexibility index (Phi) is 8.59. The lowest BCUT2D eigenvalue weighted by Crippen LogP contribution is -2.56. The van der Waals surface area contributed by atoms with Crippen molar-refractivity contribution in [1.29, 1.82) is 0 Å². The standard InChI is InChI=1S/C36H36FN9O3/c1-23-20-45(31-11-6-26(19-40-31)34-38-13-3-14-39-34)16-17-46(23)32(48)21-44-15-12-36(22-44,24(2)47)35(49)41-28-9-10-30-29(18-28)33(43-42-30)25-4-7-27(37)8-5-25/h3-11,13-14,18-19,23H,12,15-17,20-22H2,1-2H3,(H,41,49)(H,42,43). The second-order valence-corrected chi connectivity index (χ2v) is 12.8. The first kappa shape index (κ1) is 32.0. The Morgan fingerprint density at radius 2 is 1.76 bits per heavy atom. The Hall–Kier alpha value is -5.56. The van der Waals surface area contributed by atoms with Gasteiger partial charge in [0.05, 0.1) is 17.8 Å². The smallest absolute Gasteiger partial charge is 0.239 e. The van der Waals surface area contributed by atoms with Crippen LogP contribution in [0.3, 0.4) is 0 Å². The summed E-state index contributed by atoms with van der Waals surface area (Å²) >= 11 is 0. The van der Waals surface area contributed by atoms with Gasteiger partial charge in [-0.05, 0) is 80.9 Å². The molecule has 7 rings (SSSR count). The number of carbonyl (C=O) groups is 3. The van der Waals surface area contributed by atoms with Gasteiger partial charge in [0.25, 0.3) is 0 Å². The van der Waals surface area contributed by atoms with E-state index in [0.29, 0.717) is 49.8 Å². The van der Waals surface area contributed by atoms with E-state index in [4.69, 9.17) is 0 Å². The summed E-state index contributed by atoms with van der Waals surface area (Å²) in [4.78, 5) is 59.5. The number of Topliss-reactive ketones (excluding diaryl/α,β-unsaturated/α-hetero) is 1. The summed E-state index contributed by atoms with van der Waals surface area (Å²) in [6.45, 7) is 5.98. The van der Waals surface area contributed by atoms with Crippen LogP contribution < -0.4 is 10.2 Å². The van der Waals surface area contributed by atoms with E-state index in [-0.39, 0.29) is 36.6 Å². The second-order valence-electron chi connectivity index (χ2n) is 12.8. The molecular weight excluding hydrogens is 625 g/mol. The van der Waals surface area contributed by atoms with Crippen molar-refractivity contribution in [2.24, 2.45) is 5.41 Å². The highest BCUT2D eigenvalue weighted by molar-refractivity contribution is 6.12.